The Kier molecular flexibility index (Phi) is 12.7. The van der Waals surface area contributed by atoms with Crippen LogP contribution in [-0.4, -0.2) is 106 Å². The molecule has 1 unspecified atom stereocenters. The van der Waals surface area contributed by atoms with Gasteiger partial charge in [-0.15, -0.1) is 0 Å². The molecule has 0 aliphatic carbocycles. The molecule has 0 aromatic carbocycles. The molecule has 0 aliphatic rings. The smallest absolute Gasteiger partial charge is 0.349 e. The molecule has 0 rings (SSSR count). The summed E-state index contributed by atoms with van der Waals surface area (Å²) < 4.78 is 376. The number of carbonyl (C=O) groups excluding carboxylic acids is 2. The van der Waals surface area contributed by atoms with Crippen LogP contribution in [0.5, 0.6) is 0 Å². The summed E-state index contributed by atoms with van der Waals surface area (Å²) in [6, 6.07) is -3.09. The molecule has 0 radical (unpaired) electrons. The molecular weight excluding hydrogens is 891 g/mol. The molecule has 316 valence electrons. The van der Waals surface area contributed by atoms with Crippen molar-refractivity contribution in [3.05, 3.63) is 0 Å². The van der Waals surface area contributed by atoms with Crippen molar-refractivity contribution in [2.24, 2.45) is 0 Å². The van der Waals surface area contributed by atoms with Crippen LogP contribution in [0.25, 0.3) is 0 Å². The van der Waals surface area contributed by atoms with E-state index in [4.69, 9.17) is 0 Å². The molecule has 1 atom stereocenters. The second kappa shape index (κ2) is 13.4. The SMILES string of the molecule is CC(CNC(=O)C(F)(F)C(F)(F)C(F)(F)C(F)(F)C(F)(F)C(F)(F)C(F)(F)Cl)NC(=O)C(F)(F)C(F)(F)C(F)(F)C(F)(F)C(F)(F)C(F)(F)C(F)(F)Cl. The highest BCUT2D eigenvalue weighted by molar-refractivity contribution is 6.22. The number of alkyl halides is 30. The molecule has 0 bridgehead atoms. The quantitative estimate of drug-likeness (QED) is 0.113. The van der Waals surface area contributed by atoms with Crippen LogP contribution in [0.2, 0.25) is 0 Å². The van der Waals surface area contributed by atoms with Gasteiger partial charge in [0, 0.05) is 12.6 Å². The molecule has 0 aromatic rings. The minimum absolute atomic E-state index is 0.0410. The van der Waals surface area contributed by atoms with Crippen LogP contribution in [-0.2, 0) is 9.59 Å². The third kappa shape index (κ3) is 7.00. The maximum Gasteiger partial charge on any atom is 0.393 e. The summed E-state index contributed by atoms with van der Waals surface area (Å²) in [5.74, 6) is -109. The van der Waals surface area contributed by atoms with Gasteiger partial charge in [0.05, 0.1) is 0 Å². The molecule has 0 aromatic heterocycles. The topological polar surface area (TPSA) is 58.2 Å². The van der Waals surface area contributed by atoms with E-state index in [2.05, 4.69) is 23.2 Å². The van der Waals surface area contributed by atoms with E-state index in [1.54, 1.807) is 0 Å². The lowest BCUT2D eigenvalue weighted by Gasteiger charge is -2.41. The van der Waals surface area contributed by atoms with Gasteiger partial charge >= 0.3 is 81.8 Å². The van der Waals surface area contributed by atoms with Crippen LogP contribution in [0.4, 0.5) is 123 Å². The molecule has 0 spiro atoms. The lowest BCUT2D eigenvalue weighted by atomic mass is 9.91. The summed E-state index contributed by atoms with van der Waals surface area (Å²) >= 11 is 6.71. The zero-order chi connectivity index (χ0) is 43.9. The summed E-state index contributed by atoms with van der Waals surface area (Å²) in [7, 11) is 0. The molecule has 53 heavy (non-hydrogen) atoms. The third-order valence-corrected chi connectivity index (χ3v) is 6.65. The van der Waals surface area contributed by atoms with Gasteiger partial charge in [-0.1, -0.05) is 0 Å². The number of hydrogen-bond acceptors (Lipinski definition) is 2. The van der Waals surface area contributed by atoms with Gasteiger partial charge in [-0.3, -0.25) is 9.59 Å². The zero-order valence-electron chi connectivity index (χ0n) is 23.4. The van der Waals surface area contributed by atoms with Gasteiger partial charge in [-0.25, -0.2) is 0 Å². The number of amides is 2. The fourth-order valence-corrected chi connectivity index (χ4v) is 3.18. The van der Waals surface area contributed by atoms with E-state index in [0.29, 0.717) is 0 Å². The van der Waals surface area contributed by atoms with Crippen LogP contribution in [0.1, 0.15) is 6.92 Å². The minimum atomic E-state index is -8.75. The van der Waals surface area contributed by atoms with E-state index < -0.39 is 106 Å². The number of carbonyl (C=O) groups is 2. The number of rotatable bonds is 17. The van der Waals surface area contributed by atoms with Gasteiger partial charge in [0.2, 0.25) is 0 Å². The highest BCUT2D eigenvalue weighted by Crippen LogP contribution is 2.64. The fourth-order valence-electron chi connectivity index (χ4n) is 2.94. The first-order valence-electron chi connectivity index (χ1n) is 11.7. The Morgan fingerprint density at radius 3 is 0.849 bits per heavy atom. The number of hydrogen-bond donors (Lipinski definition) is 2. The van der Waals surface area contributed by atoms with Crippen molar-refractivity contribution in [3.63, 3.8) is 0 Å². The summed E-state index contributed by atoms with van der Waals surface area (Å²) in [5, 5.41) is -13.9. The molecule has 0 aliphatic heterocycles. The Hall–Kier alpha value is -2.44. The largest absolute Gasteiger partial charge is 0.393 e. The highest BCUT2D eigenvalue weighted by Gasteiger charge is 2.95. The Morgan fingerprint density at radius 1 is 0.396 bits per heavy atom. The molecule has 0 heterocycles. The first kappa shape index (κ1) is 50.6. The average Bonchev–Trinajstić information content (AvgIpc) is 2.93. The molecular formula is C19H8Cl2F28N2O2. The lowest BCUT2D eigenvalue weighted by Crippen LogP contribution is -2.74. The van der Waals surface area contributed by atoms with E-state index in [1.807, 2.05) is 0 Å². The summed E-state index contributed by atoms with van der Waals surface area (Å²) in [5.41, 5.74) is 0. The highest BCUT2D eigenvalue weighted by atomic mass is 35.5. The molecule has 2 amide bonds. The minimum Gasteiger partial charge on any atom is -0.349 e. The van der Waals surface area contributed by atoms with E-state index >= 15 is 0 Å². The maximum absolute atomic E-state index is 13.9. The summed E-state index contributed by atoms with van der Waals surface area (Å²) in [4.78, 5) is 22.8. The van der Waals surface area contributed by atoms with Crippen molar-refractivity contribution in [3.8, 4) is 0 Å². The molecule has 0 saturated carbocycles. The zero-order valence-corrected chi connectivity index (χ0v) is 25.0. The van der Waals surface area contributed by atoms with Gasteiger partial charge in [0.15, 0.2) is 0 Å². The number of nitrogens with one attached hydrogen (secondary N) is 2. The standard InChI is InChI=1S/C19H8Cl2F28N2O2/c1-3(51-5(53)7(24,25)9(28,29)11(32,33)13(36,37)15(40,41)17(44,45)19(21,48)49)2-50-4(52)6(22,23)8(26,27)10(30,31)12(34,35)14(38,39)16(42,43)18(20,46)47/h3H,2H2,1H3,(H,50,52)(H,51,53). The Morgan fingerprint density at radius 2 is 0.604 bits per heavy atom. The second-order valence-corrected chi connectivity index (χ2v) is 10.9. The van der Waals surface area contributed by atoms with E-state index in [-0.39, 0.29) is 17.6 Å². The van der Waals surface area contributed by atoms with Gasteiger partial charge in [0.1, 0.15) is 0 Å². The van der Waals surface area contributed by atoms with Crippen molar-refractivity contribution in [1.29, 1.82) is 0 Å². The van der Waals surface area contributed by atoms with Crippen molar-refractivity contribution in [2.75, 3.05) is 6.54 Å². The van der Waals surface area contributed by atoms with Gasteiger partial charge in [-0.2, -0.15) is 123 Å². The van der Waals surface area contributed by atoms with Crippen LogP contribution >= 0.6 is 23.2 Å². The maximum atomic E-state index is 13.9. The van der Waals surface area contributed by atoms with Gasteiger partial charge < -0.3 is 10.6 Å². The van der Waals surface area contributed by atoms with Crippen molar-refractivity contribution in [1.82, 2.24) is 10.6 Å². The first-order valence-corrected chi connectivity index (χ1v) is 12.5. The van der Waals surface area contributed by atoms with Crippen LogP contribution in [0.3, 0.4) is 0 Å². The lowest BCUT2D eigenvalue weighted by molar-refractivity contribution is -0.431. The Balaban J connectivity index is 6.41. The fraction of sp³-hybridized carbons (Fsp3) is 0.895. The first-order chi connectivity index (χ1) is 22.4. The van der Waals surface area contributed by atoms with Gasteiger partial charge in [-0.05, 0) is 30.1 Å². The van der Waals surface area contributed by atoms with E-state index in [0.717, 1.165) is 0 Å². The van der Waals surface area contributed by atoms with Crippen molar-refractivity contribution >= 4 is 35.0 Å². The number of halogens is 30. The summed E-state index contributed by atoms with van der Waals surface area (Å²) in [6.45, 7) is -2.68. The Bertz CT molecular complexity index is 1370. The molecule has 0 saturated heterocycles. The van der Waals surface area contributed by atoms with Gasteiger partial charge in [0.25, 0.3) is 11.8 Å². The predicted octanol–water partition coefficient (Wildman–Crippen LogP) is 8.89. The monoisotopic (exact) mass is 898 g/mol. The normalized spacial score (nSPS) is 16.7. The predicted molar refractivity (Wildman–Crippen MR) is 112 cm³/mol. The molecule has 4 nitrogen and oxygen atoms in total. The van der Waals surface area contributed by atoms with Crippen LogP contribution in [0.15, 0.2) is 0 Å². The average molecular weight is 899 g/mol. The van der Waals surface area contributed by atoms with Crippen LogP contribution < -0.4 is 10.6 Å². The second-order valence-electron chi connectivity index (χ2n) is 9.97. The third-order valence-electron chi connectivity index (χ3n) is 6.17. The van der Waals surface area contributed by atoms with Crippen molar-refractivity contribution in [2.45, 2.75) is 94.8 Å². The van der Waals surface area contributed by atoms with E-state index in [1.165, 1.54) is 0 Å². The summed E-state index contributed by atoms with van der Waals surface area (Å²) in [6.07, 6.45) is 0. The molecule has 2 N–H and O–H groups in total. The molecule has 0 fully saturated rings. The van der Waals surface area contributed by atoms with Crippen molar-refractivity contribution < 1.29 is 133 Å². The van der Waals surface area contributed by atoms with Crippen LogP contribution in [0, 0.1) is 0 Å². The molecule has 34 heteroatoms. The Labute approximate surface area is 280 Å². The van der Waals surface area contributed by atoms with E-state index in [9.17, 15) is 133 Å².